The number of hydrogen-bond acceptors (Lipinski definition) is 3. The van der Waals surface area contributed by atoms with Crippen molar-refractivity contribution in [2.45, 2.75) is 44.9 Å². The monoisotopic (exact) mass is 552 g/mol. The van der Waals surface area contributed by atoms with E-state index < -0.39 is 7.26 Å². The Morgan fingerprint density at radius 3 is 1.62 bits per heavy atom. The second-order valence-corrected chi connectivity index (χ2v) is 13.9. The lowest BCUT2D eigenvalue weighted by Gasteiger charge is -2.27. The van der Waals surface area contributed by atoms with E-state index in [9.17, 15) is 4.79 Å². The quantitative estimate of drug-likeness (QED) is 0.122. The van der Waals surface area contributed by atoms with Crippen molar-refractivity contribution in [3.05, 3.63) is 121 Å². The van der Waals surface area contributed by atoms with Gasteiger partial charge in [-0.3, -0.25) is 9.78 Å². The van der Waals surface area contributed by atoms with E-state index in [4.69, 9.17) is 0 Å². The molecule has 2 N–H and O–H groups in total. The van der Waals surface area contributed by atoms with E-state index >= 15 is 0 Å². The van der Waals surface area contributed by atoms with Gasteiger partial charge < -0.3 is 10.6 Å². The van der Waals surface area contributed by atoms with Gasteiger partial charge in [0, 0.05) is 25.5 Å². The van der Waals surface area contributed by atoms with Crippen molar-refractivity contribution in [3.63, 3.8) is 0 Å². The zero-order valence-corrected chi connectivity index (χ0v) is 24.4. The van der Waals surface area contributed by atoms with Crippen LogP contribution >= 0.6 is 7.26 Å². The van der Waals surface area contributed by atoms with Gasteiger partial charge in [-0.05, 0) is 74.3 Å². The number of hydrogen-bond donors (Lipinski definition) is 2. The molecule has 208 valence electrons. The lowest BCUT2D eigenvalue weighted by Crippen LogP contribution is -2.33. The largest absolute Gasteiger partial charge is 0.351 e. The van der Waals surface area contributed by atoms with Crippen molar-refractivity contribution < 1.29 is 4.79 Å². The van der Waals surface area contributed by atoms with Crippen LogP contribution < -0.4 is 26.5 Å². The first-order chi connectivity index (χ1) is 19.8. The molecule has 0 aliphatic heterocycles. The van der Waals surface area contributed by atoms with E-state index in [1.807, 2.05) is 0 Å². The molecule has 4 aromatic rings. The molecule has 0 aliphatic carbocycles. The minimum Gasteiger partial charge on any atom is -0.351 e. The second-order valence-electron chi connectivity index (χ2n) is 10.3. The molecule has 0 fully saturated rings. The smallest absolute Gasteiger partial charge is 0.252 e. The maximum absolute atomic E-state index is 12.0. The number of nitrogens with zero attached hydrogens (tertiary/aromatic N) is 1. The predicted octanol–water partition coefficient (Wildman–Crippen LogP) is 6.13. The SMILES string of the molecule is O=C(NCCNCCCCCCCCC[P+](c1ccccc1)(c1ccccc1)c1ccccc1)c1cccnc1. The van der Waals surface area contributed by atoms with Crippen molar-refractivity contribution in [2.24, 2.45) is 0 Å². The fourth-order valence-corrected chi connectivity index (χ4v) is 9.76. The Morgan fingerprint density at radius 1 is 0.575 bits per heavy atom. The predicted molar refractivity (Wildman–Crippen MR) is 172 cm³/mol. The van der Waals surface area contributed by atoms with Gasteiger partial charge in [0.25, 0.3) is 5.91 Å². The fraction of sp³-hybridized carbons (Fsp3) is 0.314. The van der Waals surface area contributed by atoms with E-state index in [0.29, 0.717) is 12.1 Å². The minimum atomic E-state index is -1.69. The van der Waals surface area contributed by atoms with Gasteiger partial charge in [0.15, 0.2) is 0 Å². The van der Waals surface area contributed by atoms with Crippen LogP contribution in [0.25, 0.3) is 0 Å². The number of nitrogens with one attached hydrogen (secondary N) is 2. The van der Waals surface area contributed by atoms with Crippen molar-refractivity contribution in [1.82, 2.24) is 15.6 Å². The molecular formula is C35H43N3OP+. The molecule has 40 heavy (non-hydrogen) atoms. The first-order valence-electron chi connectivity index (χ1n) is 14.7. The van der Waals surface area contributed by atoms with Crippen molar-refractivity contribution in [3.8, 4) is 0 Å². The van der Waals surface area contributed by atoms with Crippen molar-refractivity contribution >= 4 is 29.1 Å². The highest BCUT2D eigenvalue weighted by Crippen LogP contribution is 2.56. The summed E-state index contributed by atoms with van der Waals surface area (Å²) in [4.78, 5) is 16.0. The molecule has 0 saturated carbocycles. The van der Waals surface area contributed by atoms with Crippen LogP contribution in [0.1, 0.15) is 55.3 Å². The van der Waals surface area contributed by atoms with Gasteiger partial charge in [0.1, 0.15) is 23.2 Å². The Kier molecular flexibility index (Phi) is 12.4. The third-order valence-corrected chi connectivity index (χ3v) is 12.0. The molecule has 1 aromatic heterocycles. The number of amides is 1. The molecule has 3 aromatic carbocycles. The zero-order valence-electron chi connectivity index (χ0n) is 23.6. The number of carbonyl (C=O) groups excluding carboxylic acids is 1. The van der Waals surface area contributed by atoms with Crippen LogP contribution in [0.2, 0.25) is 0 Å². The van der Waals surface area contributed by atoms with Crippen LogP contribution in [0.4, 0.5) is 0 Å². The molecule has 0 bridgehead atoms. The molecule has 5 heteroatoms. The van der Waals surface area contributed by atoms with Crippen LogP contribution in [0.5, 0.6) is 0 Å². The molecule has 0 saturated heterocycles. The number of pyridine rings is 1. The van der Waals surface area contributed by atoms with Gasteiger partial charge in [-0.25, -0.2) is 0 Å². The molecule has 4 nitrogen and oxygen atoms in total. The van der Waals surface area contributed by atoms with Crippen LogP contribution in [-0.4, -0.2) is 36.7 Å². The minimum absolute atomic E-state index is 0.0643. The molecule has 0 radical (unpaired) electrons. The van der Waals surface area contributed by atoms with E-state index in [2.05, 4.69) is 107 Å². The summed E-state index contributed by atoms with van der Waals surface area (Å²) >= 11 is 0. The number of rotatable bonds is 17. The summed E-state index contributed by atoms with van der Waals surface area (Å²) in [6, 6.07) is 37.2. The summed E-state index contributed by atoms with van der Waals surface area (Å²) in [7, 11) is -1.69. The second kappa shape index (κ2) is 16.7. The van der Waals surface area contributed by atoms with Gasteiger partial charge in [-0.2, -0.15) is 0 Å². The highest BCUT2D eigenvalue weighted by atomic mass is 31.2. The average Bonchev–Trinajstić information content (AvgIpc) is 3.03. The van der Waals surface area contributed by atoms with Gasteiger partial charge in [-0.1, -0.05) is 80.3 Å². The van der Waals surface area contributed by atoms with Crippen molar-refractivity contribution in [1.29, 1.82) is 0 Å². The van der Waals surface area contributed by atoms with Gasteiger partial charge >= 0.3 is 0 Å². The lowest BCUT2D eigenvalue weighted by molar-refractivity contribution is 0.0953. The Hall–Kier alpha value is -3.33. The standard InChI is InChI=1S/C35H42N3OP/c39-35(31-18-17-26-37-30-31)38-28-27-36-25-15-4-2-1-3-5-16-29-40(32-19-9-6-10-20-32,33-21-11-7-12-22-33)34-23-13-8-14-24-34/h6-14,17-24,26,30,36H,1-5,15-16,25,27-29H2/p+1. The highest BCUT2D eigenvalue weighted by molar-refractivity contribution is 7.95. The molecule has 0 spiro atoms. The van der Waals surface area contributed by atoms with Gasteiger partial charge in [-0.15, -0.1) is 0 Å². The lowest BCUT2D eigenvalue weighted by atomic mass is 10.1. The third kappa shape index (κ3) is 8.58. The number of aromatic nitrogens is 1. The Balaban J connectivity index is 1.16. The molecule has 0 aliphatic rings. The number of benzene rings is 3. The van der Waals surface area contributed by atoms with E-state index in [1.54, 1.807) is 24.5 Å². The summed E-state index contributed by atoms with van der Waals surface area (Å²) in [6.07, 6.45) is 13.3. The summed E-state index contributed by atoms with van der Waals surface area (Å²) in [6.45, 7) is 2.43. The normalized spacial score (nSPS) is 11.3. The molecule has 0 unspecified atom stereocenters. The number of carbonyl (C=O) groups is 1. The fourth-order valence-electron chi connectivity index (χ4n) is 5.35. The third-order valence-electron chi connectivity index (χ3n) is 7.45. The molecule has 1 heterocycles. The highest BCUT2D eigenvalue weighted by Gasteiger charge is 2.44. The average molecular weight is 553 g/mol. The molecule has 0 atom stereocenters. The van der Waals surface area contributed by atoms with E-state index in [-0.39, 0.29) is 5.91 Å². The molecular weight excluding hydrogens is 509 g/mol. The van der Waals surface area contributed by atoms with Crippen LogP contribution in [-0.2, 0) is 0 Å². The maximum Gasteiger partial charge on any atom is 0.252 e. The summed E-state index contributed by atoms with van der Waals surface area (Å²) in [5.74, 6) is -0.0643. The Morgan fingerprint density at radius 2 is 1.10 bits per heavy atom. The van der Waals surface area contributed by atoms with E-state index in [0.717, 1.165) is 13.1 Å². The summed E-state index contributed by atoms with van der Waals surface area (Å²) < 4.78 is 0. The zero-order chi connectivity index (χ0) is 27.7. The van der Waals surface area contributed by atoms with Gasteiger partial charge in [0.05, 0.1) is 11.7 Å². The number of unbranched alkanes of at least 4 members (excludes halogenated alkanes) is 6. The Bertz CT molecular complexity index is 1140. The first-order valence-corrected chi connectivity index (χ1v) is 16.7. The summed E-state index contributed by atoms with van der Waals surface area (Å²) in [5, 5.41) is 10.8. The summed E-state index contributed by atoms with van der Waals surface area (Å²) in [5.41, 5.74) is 0.607. The Labute approximate surface area is 241 Å². The maximum atomic E-state index is 12.0. The van der Waals surface area contributed by atoms with Crippen molar-refractivity contribution in [2.75, 3.05) is 25.8 Å². The first kappa shape index (κ1) is 29.6. The van der Waals surface area contributed by atoms with Crippen LogP contribution in [0, 0.1) is 0 Å². The van der Waals surface area contributed by atoms with Gasteiger partial charge in [0.2, 0.25) is 0 Å². The molecule has 1 amide bonds. The topological polar surface area (TPSA) is 54.0 Å². The molecule has 4 rings (SSSR count). The van der Waals surface area contributed by atoms with Crippen LogP contribution in [0.15, 0.2) is 116 Å². The van der Waals surface area contributed by atoms with E-state index in [1.165, 1.54) is 67.0 Å². The van der Waals surface area contributed by atoms with Crippen LogP contribution in [0.3, 0.4) is 0 Å².